The summed E-state index contributed by atoms with van der Waals surface area (Å²) in [7, 11) is -3.72. The standard InChI is InChI=1S/C8H7ClO5S/c9-4-15(10,11)14-6-1-2-7-8(3-6)13-5-12-7/h1-3H,4-5H2. The maximum atomic E-state index is 11.0. The summed E-state index contributed by atoms with van der Waals surface area (Å²) in [4.78, 5) is 0. The molecule has 2 rings (SSSR count). The molecule has 0 spiro atoms. The van der Waals surface area contributed by atoms with E-state index in [1.54, 1.807) is 6.07 Å². The van der Waals surface area contributed by atoms with Gasteiger partial charge in [-0.25, -0.2) is 0 Å². The van der Waals surface area contributed by atoms with Crippen molar-refractivity contribution in [3.63, 3.8) is 0 Å². The van der Waals surface area contributed by atoms with Crippen molar-refractivity contribution in [2.24, 2.45) is 0 Å². The molecule has 0 bridgehead atoms. The van der Waals surface area contributed by atoms with Crippen molar-refractivity contribution < 1.29 is 22.1 Å². The Hall–Kier alpha value is -1.14. The van der Waals surface area contributed by atoms with Crippen molar-refractivity contribution in [1.29, 1.82) is 0 Å². The van der Waals surface area contributed by atoms with Gasteiger partial charge in [-0.05, 0) is 12.1 Å². The van der Waals surface area contributed by atoms with E-state index in [1.165, 1.54) is 12.1 Å². The van der Waals surface area contributed by atoms with Crippen LogP contribution in [0.3, 0.4) is 0 Å². The monoisotopic (exact) mass is 250 g/mol. The summed E-state index contributed by atoms with van der Waals surface area (Å²) in [6.07, 6.45) is 0. The molecule has 0 radical (unpaired) electrons. The Morgan fingerprint density at radius 1 is 1.33 bits per heavy atom. The summed E-state index contributed by atoms with van der Waals surface area (Å²) in [5, 5.41) is -0.596. The molecule has 0 saturated carbocycles. The zero-order chi connectivity index (χ0) is 10.9. The number of rotatable bonds is 3. The minimum absolute atomic E-state index is 0.126. The van der Waals surface area contributed by atoms with Gasteiger partial charge in [0.05, 0.1) is 0 Å². The van der Waals surface area contributed by atoms with Gasteiger partial charge in [0.25, 0.3) is 0 Å². The summed E-state index contributed by atoms with van der Waals surface area (Å²) >= 11 is 5.19. The maximum Gasteiger partial charge on any atom is 0.323 e. The molecule has 0 unspecified atom stereocenters. The van der Waals surface area contributed by atoms with E-state index in [9.17, 15) is 8.42 Å². The maximum absolute atomic E-state index is 11.0. The predicted molar refractivity (Wildman–Crippen MR) is 52.8 cm³/mol. The van der Waals surface area contributed by atoms with Crippen LogP contribution in [-0.2, 0) is 10.1 Å². The van der Waals surface area contributed by atoms with Gasteiger partial charge >= 0.3 is 10.1 Å². The summed E-state index contributed by atoms with van der Waals surface area (Å²) < 4.78 is 36.9. The highest BCUT2D eigenvalue weighted by molar-refractivity contribution is 7.88. The topological polar surface area (TPSA) is 61.8 Å². The Kier molecular flexibility index (Phi) is 2.62. The van der Waals surface area contributed by atoms with Gasteiger partial charge in [0, 0.05) is 6.07 Å². The second-order valence-electron chi connectivity index (χ2n) is 2.77. The highest BCUT2D eigenvalue weighted by atomic mass is 35.5. The van der Waals surface area contributed by atoms with Crippen LogP contribution in [0.5, 0.6) is 17.2 Å². The van der Waals surface area contributed by atoms with Crippen molar-refractivity contribution in [3.05, 3.63) is 18.2 Å². The molecule has 0 aliphatic carbocycles. The first-order chi connectivity index (χ1) is 7.11. The van der Waals surface area contributed by atoms with E-state index in [-0.39, 0.29) is 12.5 Å². The molecule has 0 amide bonds. The lowest BCUT2D eigenvalue weighted by molar-refractivity contribution is 0.174. The number of ether oxygens (including phenoxy) is 2. The van der Waals surface area contributed by atoms with Crippen LogP contribution >= 0.6 is 11.6 Å². The molecule has 1 aromatic rings. The minimum atomic E-state index is -3.72. The van der Waals surface area contributed by atoms with Gasteiger partial charge in [0.2, 0.25) is 6.79 Å². The molecule has 0 fully saturated rings. The Balaban J connectivity index is 2.24. The molecule has 1 heterocycles. The van der Waals surface area contributed by atoms with Gasteiger partial charge in [0.1, 0.15) is 5.75 Å². The molecule has 0 N–H and O–H groups in total. The van der Waals surface area contributed by atoms with Crippen molar-refractivity contribution in [1.82, 2.24) is 0 Å². The van der Waals surface area contributed by atoms with Gasteiger partial charge < -0.3 is 13.7 Å². The van der Waals surface area contributed by atoms with Gasteiger partial charge in [-0.3, -0.25) is 0 Å². The van der Waals surface area contributed by atoms with Gasteiger partial charge in [0.15, 0.2) is 16.7 Å². The van der Waals surface area contributed by atoms with E-state index >= 15 is 0 Å². The Labute approximate surface area is 91.6 Å². The molecule has 7 heteroatoms. The average molecular weight is 251 g/mol. The van der Waals surface area contributed by atoms with E-state index in [0.29, 0.717) is 11.5 Å². The van der Waals surface area contributed by atoms with E-state index in [1.807, 2.05) is 0 Å². The first-order valence-corrected chi connectivity index (χ1v) is 6.10. The van der Waals surface area contributed by atoms with Gasteiger partial charge in [-0.1, -0.05) is 0 Å². The number of alkyl halides is 1. The summed E-state index contributed by atoms with van der Waals surface area (Å²) in [6.45, 7) is 0.126. The number of hydrogen-bond acceptors (Lipinski definition) is 5. The lowest BCUT2D eigenvalue weighted by Crippen LogP contribution is -2.09. The second kappa shape index (κ2) is 3.79. The normalized spacial score (nSPS) is 13.9. The largest absolute Gasteiger partial charge is 0.454 e. The number of hydrogen-bond donors (Lipinski definition) is 0. The molecule has 1 aromatic carbocycles. The summed E-state index contributed by atoms with van der Waals surface area (Å²) in [5.74, 6) is 1.17. The fraction of sp³-hybridized carbons (Fsp3) is 0.250. The Morgan fingerprint density at radius 3 is 2.80 bits per heavy atom. The zero-order valence-electron chi connectivity index (χ0n) is 7.47. The number of fused-ring (bicyclic) bond motifs is 1. The van der Waals surface area contributed by atoms with E-state index in [0.717, 1.165) is 0 Å². The lowest BCUT2D eigenvalue weighted by atomic mass is 10.3. The fourth-order valence-electron chi connectivity index (χ4n) is 1.10. The highest BCUT2D eigenvalue weighted by Crippen LogP contribution is 2.35. The van der Waals surface area contributed by atoms with Crippen LogP contribution < -0.4 is 13.7 Å². The quantitative estimate of drug-likeness (QED) is 0.598. The van der Waals surface area contributed by atoms with Crippen molar-refractivity contribution in [2.45, 2.75) is 0 Å². The molecular formula is C8H7ClO5S. The zero-order valence-corrected chi connectivity index (χ0v) is 9.05. The summed E-state index contributed by atoms with van der Waals surface area (Å²) in [6, 6.07) is 4.48. The van der Waals surface area contributed by atoms with Crippen molar-refractivity contribution >= 4 is 21.7 Å². The molecule has 1 aliphatic heterocycles. The number of halogens is 1. The molecular weight excluding hydrogens is 244 g/mol. The molecule has 0 aromatic heterocycles. The van der Waals surface area contributed by atoms with Gasteiger partial charge in [-0.15, -0.1) is 11.6 Å². The van der Waals surface area contributed by atoms with Crippen LogP contribution in [0.15, 0.2) is 18.2 Å². The van der Waals surface area contributed by atoms with Crippen LogP contribution in [0, 0.1) is 0 Å². The summed E-state index contributed by atoms with van der Waals surface area (Å²) in [5.41, 5.74) is 0. The lowest BCUT2D eigenvalue weighted by Gasteiger charge is -2.04. The van der Waals surface area contributed by atoms with Crippen LogP contribution in [0.2, 0.25) is 0 Å². The fourth-order valence-corrected chi connectivity index (χ4v) is 1.67. The average Bonchev–Trinajstić information content (AvgIpc) is 2.64. The second-order valence-corrected chi connectivity index (χ2v) is 4.92. The van der Waals surface area contributed by atoms with E-state index < -0.39 is 15.3 Å². The SMILES string of the molecule is O=S(=O)(CCl)Oc1ccc2c(c1)OCO2. The Morgan fingerprint density at radius 2 is 2.07 bits per heavy atom. The predicted octanol–water partition coefficient (Wildman–Crippen LogP) is 1.32. The Bertz CT molecular complexity index is 470. The highest BCUT2D eigenvalue weighted by Gasteiger charge is 2.16. The van der Waals surface area contributed by atoms with Crippen LogP contribution in [0.1, 0.15) is 0 Å². The molecule has 15 heavy (non-hydrogen) atoms. The third kappa shape index (κ3) is 2.27. The van der Waals surface area contributed by atoms with Crippen LogP contribution in [-0.4, -0.2) is 20.4 Å². The van der Waals surface area contributed by atoms with E-state index in [2.05, 4.69) is 4.18 Å². The van der Waals surface area contributed by atoms with Gasteiger partial charge in [-0.2, -0.15) is 8.42 Å². The van der Waals surface area contributed by atoms with Crippen molar-refractivity contribution in [2.75, 3.05) is 12.0 Å². The smallest absolute Gasteiger partial charge is 0.323 e. The molecule has 5 nitrogen and oxygen atoms in total. The molecule has 1 aliphatic rings. The third-order valence-corrected chi connectivity index (χ3v) is 3.22. The van der Waals surface area contributed by atoms with Crippen LogP contribution in [0.25, 0.3) is 0 Å². The van der Waals surface area contributed by atoms with E-state index in [4.69, 9.17) is 21.1 Å². The minimum Gasteiger partial charge on any atom is -0.454 e. The molecule has 0 saturated heterocycles. The first-order valence-electron chi connectivity index (χ1n) is 3.98. The third-order valence-electron chi connectivity index (χ3n) is 1.70. The molecule has 82 valence electrons. The first kappa shape index (κ1) is 10.4. The number of benzene rings is 1. The molecule has 0 atom stereocenters. The van der Waals surface area contributed by atoms with Crippen molar-refractivity contribution in [3.8, 4) is 17.2 Å². The van der Waals surface area contributed by atoms with Crippen LogP contribution in [0.4, 0.5) is 0 Å².